The third-order valence-corrected chi connectivity index (χ3v) is 3.88. The predicted octanol–water partition coefficient (Wildman–Crippen LogP) is 2.28. The number of alkyl halides is 3. The molecule has 0 saturated carbocycles. The van der Waals surface area contributed by atoms with Crippen LogP contribution < -0.4 is 4.74 Å². The molecular weight excluding hydrogens is 339 g/mol. The fraction of sp³-hybridized carbons (Fsp3) is 0.375. The maximum Gasteiger partial charge on any atom is 0.416 e. The van der Waals surface area contributed by atoms with Crippen molar-refractivity contribution in [1.82, 2.24) is 14.7 Å². The number of halogens is 3. The summed E-state index contributed by atoms with van der Waals surface area (Å²) in [6.45, 7) is -0.579. The number of morpholine rings is 1. The van der Waals surface area contributed by atoms with Gasteiger partial charge >= 0.3 is 6.18 Å². The van der Waals surface area contributed by atoms with Gasteiger partial charge < -0.3 is 14.4 Å². The average Bonchev–Trinajstić information content (AvgIpc) is 3.10. The third-order valence-electron chi connectivity index (χ3n) is 3.88. The minimum Gasteiger partial charge on any atom is -0.494 e. The molecule has 3 rings (SSSR count). The summed E-state index contributed by atoms with van der Waals surface area (Å²) in [7, 11) is 1.51. The minimum atomic E-state index is -4.50. The fourth-order valence-electron chi connectivity index (χ4n) is 2.60. The molecular formula is C16H16F3N3O3. The third kappa shape index (κ3) is 3.60. The topological polar surface area (TPSA) is 56.6 Å². The van der Waals surface area contributed by atoms with Crippen molar-refractivity contribution < 1.29 is 27.4 Å². The van der Waals surface area contributed by atoms with Crippen molar-refractivity contribution in [2.75, 3.05) is 26.8 Å². The van der Waals surface area contributed by atoms with Crippen LogP contribution in [0.15, 0.2) is 36.7 Å². The lowest BCUT2D eigenvalue weighted by Crippen LogP contribution is -2.51. The van der Waals surface area contributed by atoms with E-state index in [2.05, 4.69) is 5.10 Å². The van der Waals surface area contributed by atoms with E-state index in [9.17, 15) is 18.0 Å². The molecule has 134 valence electrons. The molecule has 0 N–H and O–H groups in total. The Balaban J connectivity index is 1.79. The maximum absolute atomic E-state index is 12.8. The highest BCUT2D eigenvalue weighted by molar-refractivity contribution is 5.94. The average molecular weight is 355 g/mol. The number of rotatable bonds is 3. The Labute approximate surface area is 141 Å². The number of carbonyl (C=O) groups excluding carboxylic acids is 1. The van der Waals surface area contributed by atoms with Gasteiger partial charge in [0.15, 0.2) is 6.10 Å². The molecule has 2 heterocycles. The summed E-state index contributed by atoms with van der Waals surface area (Å²) in [5.74, 6) is 0.0480. The van der Waals surface area contributed by atoms with E-state index in [4.69, 9.17) is 9.47 Å². The normalized spacial score (nSPS) is 18.2. The van der Waals surface area contributed by atoms with Crippen LogP contribution in [0.25, 0.3) is 5.69 Å². The molecule has 1 aromatic carbocycles. The van der Waals surface area contributed by atoms with Gasteiger partial charge in [-0.2, -0.15) is 18.3 Å². The van der Waals surface area contributed by atoms with Crippen molar-refractivity contribution >= 4 is 5.91 Å². The molecule has 1 atom stereocenters. The first-order chi connectivity index (χ1) is 11.9. The zero-order valence-corrected chi connectivity index (χ0v) is 13.4. The lowest BCUT2D eigenvalue weighted by molar-refractivity contribution is -0.233. The smallest absolute Gasteiger partial charge is 0.416 e. The van der Waals surface area contributed by atoms with Crippen molar-refractivity contribution in [3.8, 4) is 11.4 Å². The minimum absolute atomic E-state index is 0.102. The molecule has 9 heteroatoms. The van der Waals surface area contributed by atoms with Gasteiger partial charge in [0, 0.05) is 12.7 Å². The molecule has 1 saturated heterocycles. The van der Waals surface area contributed by atoms with Gasteiger partial charge in [-0.3, -0.25) is 4.79 Å². The van der Waals surface area contributed by atoms with Crippen LogP contribution >= 0.6 is 0 Å². The second-order valence-corrected chi connectivity index (χ2v) is 5.50. The zero-order valence-electron chi connectivity index (χ0n) is 13.4. The Morgan fingerprint density at radius 3 is 2.84 bits per heavy atom. The van der Waals surface area contributed by atoms with Crippen molar-refractivity contribution in [2.24, 2.45) is 0 Å². The number of nitrogens with zero attached hydrogens (tertiary/aromatic N) is 3. The summed E-state index contributed by atoms with van der Waals surface area (Å²) in [6.07, 6.45) is -3.67. The molecule has 1 aromatic heterocycles. The largest absolute Gasteiger partial charge is 0.494 e. The molecule has 1 unspecified atom stereocenters. The number of carbonyl (C=O) groups is 1. The van der Waals surface area contributed by atoms with E-state index < -0.39 is 24.7 Å². The van der Waals surface area contributed by atoms with E-state index in [1.807, 2.05) is 0 Å². The van der Waals surface area contributed by atoms with Crippen LogP contribution in [0.2, 0.25) is 0 Å². The van der Waals surface area contributed by atoms with Crippen molar-refractivity contribution in [2.45, 2.75) is 12.3 Å². The molecule has 1 aliphatic heterocycles. The van der Waals surface area contributed by atoms with Crippen LogP contribution in [0.5, 0.6) is 5.75 Å². The van der Waals surface area contributed by atoms with Gasteiger partial charge in [-0.05, 0) is 12.1 Å². The lowest BCUT2D eigenvalue weighted by Gasteiger charge is -2.33. The Bertz CT molecular complexity index is 760. The highest BCUT2D eigenvalue weighted by atomic mass is 19.4. The molecule has 0 spiro atoms. The van der Waals surface area contributed by atoms with Crippen molar-refractivity contribution in [3.05, 3.63) is 42.2 Å². The van der Waals surface area contributed by atoms with Gasteiger partial charge in [-0.15, -0.1) is 0 Å². The Hall–Kier alpha value is -2.55. The second-order valence-electron chi connectivity index (χ2n) is 5.50. The highest BCUT2D eigenvalue weighted by Gasteiger charge is 2.44. The zero-order chi connectivity index (χ0) is 18.0. The quantitative estimate of drug-likeness (QED) is 0.848. The fourth-order valence-corrected chi connectivity index (χ4v) is 2.60. The molecule has 0 radical (unpaired) electrons. The van der Waals surface area contributed by atoms with Crippen molar-refractivity contribution in [3.63, 3.8) is 0 Å². The van der Waals surface area contributed by atoms with Gasteiger partial charge in [-0.25, -0.2) is 4.68 Å². The van der Waals surface area contributed by atoms with Gasteiger partial charge in [0.1, 0.15) is 11.4 Å². The van der Waals surface area contributed by atoms with Crippen LogP contribution in [0.3, 0.4) is 0 Å². The Morgan fingerprint density at radius 2 is 2.12 bits per heavy atom. The molecule has 2 aromatic rings. The molecule has 25 heavy (non-hydrogen) atoms. The summed E-state index contributed by atoms with van der Waals surface area (Å²) < 4.78 is 49.8. The van der Waals surface area contributed by atoms with Crippen LogP contribution in [0, 0.1) is 0 Å². The Kier molecular flexibility index (Phi) is 4.67. The van der Waals surface area contributed by atoms with E-state index in [1.54, 1.807) is 24.3 Å². The molecule has 1 amide bonds. The van der Waals surface area contributed by atoms with E-state index >= 15 is 0 Å². The molecule has 1 fully saturated rings. The van der Waals surface area contributed by atoms with Crippen LogP contribution in [0.1, 0.15) is 10.4 Å². The first-order valence-corrected chi connectivity index (χ1v) is 7.56. The maximum atomic E-state index is 12.8. The molecule has 0 bridgehead atoms. The number of amides is 1. The molecule has 1 aliphatic rings. The summed E-state index contributed by atoms with van der Waals surface area (Å²) in [5, 5.41) is 4.11. The first kappa shape index (κ1) is 17.3. The second kappa shape index (κ2) is 6.75. The van der Waals surface area contributed by atoms with E-state index in [1.165, 1.54) is 24.2 Å². The number of benzene rings is 1. The van der Waals surface area contributed by atoms with E-state index in [-0.39, 0.29) is 18.7 Å². The van der Waals surface area contributed by atoms with Gasteiger partial charge in [0.2, 0.25) is 0 Å². The SMILES string of the molecule is COc1ccccc1-n1cc(C(=O)N2CCOC(C(F)(F)F)C2)cn1. The van der Waals surface area contributed by atoms with Crippen LogP contribution in [-0.2, 0) is 4.74 Å². The monoisotopic (exact) mass is 355 g/mol. The number of aromatic nitrogens is 2. The van der Waals surface area contributed by atoms with Crippen LogP contribution in [-0.4, -0.2) is 59.7 Å². The molecule has 0 aliphatic carbocycles. The number of ether oxygens (including phenoxy) is 2. The number of hydrogen-bond acceptors (Lipinski definition) is 4. The van der Waals surface area contributed by atoms with Crippen molar-refractivity contribution in [1.29, 1.82) is 0 Å². The number of para-hydroxylation sites is 2. The van der Waals surface area contributed by atoms with E-state index in [0.29, 0.717) is 11.4 Å². The first-order valence-electron chi connectivity index (χ1n) is 7.56. The van der Waals surface area contributed by atoms with Gasteiger partial charge in [0.05, 0.1) is 32.0 Å². The summed E-state index contributed by atoms with van der Waals surface area (Å²) in [4.78, 5) is 13.6. The Morgan fingerprint density at radius 1 is 1.36 bits per heavy atom. The standard InChI is InChI=1S/C16H16F3N3O3/c1-24-13-5-3-2-4-12(13)22-9-11(8-20-22)15(23)21-6-7-25-14(10-21)16(17,18)19/h2-5,8-9,14H,6-7,10H2,1H3. The molecule has 6 nitrogen and oxygen atoms in total. The highest BCUT2D eigenvalue weighted by Crippen LogP contribution is 2.27. The van der Waals surface area contributed by atoms with Crippen LogP contribution in [0.4, 0.5) is 13.2 Å². The summed E-state index contributed by atoms with van der Waals surface area (Å²) in [6, 6.07) is 7.09. The summed E-state index contributed by atoms with van der Waals surface area (Å²) >= 11 is 0. The van der Waals surface area contributed by atoms with E-state index in [0.717, 1.165) is 4.90 Å². The van der Waals surface area contributed by atoms with Gasteiger partial charge in [0.25, 0.3) is 5.91 Å². The number of hydrogen-bond donors (Lipinski definition) is 0. The lowest BCUT2D eigenvalue weighted by atomic mass is 10.2. The summed E-state index contributed by atoms with van der Waals surface area (Å²) in [5.41, 5.74) is 0.827. The predicted molar refractivity (Wildman–Crippen MR) is 81.8 cm³/mol. The number of methoxy groups -OCH3 is 1. The van der Waals surface area contributed by atoms with Gasteiger partial charge in [-0.1, -0.05) is 12.1 Å².